The van der Waals surface area contributed by atoms with Gasteiger partial charge in [0, 0.05) is 58.1 Å². The molecule has 9 nitrogen and oxygen atoms in total. The average Bonchev–Trinajstić information content (AvgIpc) is 2.96. The lowest BCUT2D eigenvalue weighted by molar-refractivity contribution is 0.122. The van der Waals surface area contributed by atoms with Crippen LogP contribution in [0.5, 0.6) is 5.88 Å². The molecule has 38 heavy (non-hydrogen) atoms. The molecule has 1 unspecified atom stereocenters. The van der Waals surface area contributed by atoms with Crippen LogP contribution in [0.15, 0.2) is 55.1 Å². The van der Waals surface area contributed by atoms with Crippen LogP contribution in [0, 0.1) is 5.82 Å². The molecule has 3 aromatic heterocycles. The fraction of sp³-hybridized carbons (Fsp3) is 0.222. The summed E-state index contributed by atoms with van der Waals surface area (Å²) in [6, 6.07) is 10.2. The number of benzene rings is 2. The third-order valence-corrected chi connectivity index (χ3v) is 6.99. The average molecular weight is 533 g/mol. The van der Waals surface area contributed by atoms with Crippen molar-refractivity contribution in [2.24, 2.45) is 0 Å². The summed E-state index contributed by atoms with van der Waals surface area (Å²) in [5.74, 6) is -0.295. The second kappa shape index (κ2) is 10.1. The number of morpholine rings is 1. The SMILES string of the molecule is COc1nnc(C(O)c2cc(-c3ncnc4cc(N5CCOCC5)ccc34)c(F)cc2Cl)c2ccncc12. The number of methoxy groups -OCH3 is 1. The molecule has 1 aliphatic rings. The van der Waals surface area contributed by atoms with Crippen molar-refractivity contribution in [1.82, 2.24) is 25.1 Å². The first kappa shape index (κ1) is 24.4. The predicted molar refractivity (Wildman–Crippen MR) is 141 cm³/mol. The first-order valence-corrected chi connectivity index (χ1v) is 12.3. The molecule has 4 heterocycles. The lowest BCUT2D eigenvalue weighted by Gasteiger charge is -2.29. The van der Waals surface area contributed by atoms with Crippen molar-refractivity contribution in [3.8, 4) is 17.1 Å². The van der Waals surface area contributed by atoms with E-state index < -0.39 is 11.9 Å². The van der Waals surface area contributed by atoms with Crippen molar-refractivity contribution >= 4 is 39.0 Å². The fourth-order valence-corrected chi connectivity index (χ4v) is 4.98. The molecule has 6 rings (SSSR count). The highest BCUT2D eigenvalue weighted by Crippen LogP contribution is 2.38. The zero-order valence-electron chi connectivity index (χ0n) is 20.3. The van der Waals surface area contributed by atoms with Crippen LogP contribution in [0.2, 0.25) is 5.02 Å². The third-order valence-electron chi connectivity index (χ3n) is 6.66. The lowest BCUT2D eigenvalue weighted by atomic mass is 9.97. The Labute approximate surface area is 221 Å². The molecule has 1 atom stereocenters. The highest BCUT2D eigenvalue weighted by Gasteiger charge is 2.24. The van der Waals surface area contributed by atoms with Crippen LogP contribution in [0.4, 0.5) is 10.1 Å². The smallest absolute Gasteiger partial charge is 0.242 e. The van der Waals surface area contributed by atoms with Gasteiger partial charge in [0.15, 0.2) is 0 Å². The zero-order chi connectivity index (χ0) is 26.2. The van der Waals surface area contributed by atoms with E-state index in [1.807, 2.05) is 18.2 Å². The number of nitrogens with zero attached hydrogens (tertiary/aromatic N) is 6. The van der Waals surface area contributed by atoms with Gasteiger partial charge in [-0.15, -0.1) is 10.2 Å². The summed E-state index contributed by atoms with van der Waals surface area (Å²) in [6.07, 6.45) is 3.26. The topological polar surface area (TPSA) is 106 Å². The van der Waals surface area contributed by atoms with Gasteiger partial charge in [-0.3, -0.25) is 4.98 Å². The van der Waals surface area contributed by atoms with Crippen LogP contribution < -0.4 is 9.64 Å². The quantitative estimate of drug-likeness (QED) is 0.353. The Bertz CT molecular complexity index is 1660. The number of aromatic nitrogens is 5. The Morgan fingerprint density at radius 1 is 1.05 bits per heavy atom. The van der Waals surface area contributed by atoms with E-state index in [0.717, 1.165) is 18.8 Å². The molecule has 192 valence electrons. The van der Waals surface area contributed by atoms with Crippen molar-refractivity contribution in [2.75, 3.05) is 38.3 Å². The molecule has 0 saturated carbocycles. The molecular formula is C27H22ClFN6O3. The number of aliphatic hydroxyl groups is 1. The van der Waals surface area contributed by atoms with E-state index >= 15 is 4.39 Å². The number of fused-ring (bicyclic) bond motifs is 2. The van der Waals surface area contributed by atoms with Crippen LogP contribution in [-0.2, 0) is 4.74 Å². The Morgan fingerprint density at radius 2 is 1.89 bits per heavy atom. The highest BCUT2D eigenvalue weighted by molar-refractivity contribution is 6.31. The number of hydrogen-bond acceptors (Lipinski definition) is 9. The number of ether oxygens (including phenoxy) is 2. The van der Waals surface area contributed by atoms with E-state index in [-0.39, 0.29) is 27.7 Å². The number of aliphatic hydroxyl groups excluding tert-OH is 1. The second-order valence-corrected chi connectivity index (χ2v) is 9.20. The van der Waals surface area contributed by atoms with Crippen molar-refractivity contribution in [2.45, 2.75) is 6.10 Å². The van der Waals surface area contributed by atoms with Crippen molar-refractivity contribution in [3.05, 3.63) is 77.2 Å². The first-order chi connectivity index (χ1) is 18.5. The number of halogens is 2. The zero-order valence-corrected chi connectivity index (χ0v) is 21.1. The maximum atomic E-state index is 15.3. The standard InChI is InChI=1S/C27H22ClFN6O3/c1-37-27-20-13-30-5-4-16(20)25(33-34-27)26(36)18-11-19(22(29)12-21(18)28)24-17-3-2-15(10-23(17)31-14-32-24)35-6-8-38-9-7-35/h2-5,10-14,26,36H,6-9H2,1H3. The maximum Gasteiger partial charge on any atom is 0.242 e. The highest BCUT2D eigenvalue weighted by atomic mass is 35.5. The number of anilines is 1. The van der Waals surface area contributed by atoms with E-state index in [9.17, 15) is 5.11 Å². The molecule has 11 heteroatoms. The monoisotopic (exact) mass is 532 g/mol. The molecule has 1 fully saturated rings. The Hall–Kier alpha value is -3.99. The van der Waals surface area contributed by atoms with Gasteiger partial charge in [-0.1, -0.05) is 11.6 Å². The summed E-state index contributed by atoms with van der Waals surface area (Å²) in [4.78, 5) is 15.2. The summed E-state index contributed by atoms with van der Waals surface area (Å²) >= 11 is 6.43. The summed E-state index contributed by atoms with van der Waals surface area (Å²) in [7, 11) is 1.48. The first-order valence-electron chi connectivity index (χ1n) is 11.9. The van der Waals surface area contributed by atoms with Gasteiger partial charge in [0.1, 0.15) is 23.9 Å². The van der Waals surface area contributed by atoms with Crippen LogP contribution in [0.1, 0.15) is 17.4 Å². The van der Waals surface area contributed by atoms with Crippen molar-refractivity contribution in [3.63, 3.8) is 0 Å². The minimum atomic E-state index is -1.30. The van der Waals surface area contributed by atoms with E-state index in [0.29, 0.717) is 40.6 Å². The molecule has 0 radical (unpaired) electrons. The number of hydrogen-bond donors (Lipinski definition) is 1. The summed E-state index contributed by atoms with van der Waals surface area (Å²) in [5, 5.41) is 21.5. The third kappa shape index (κ3) is 4.26. The molecule has 1 aliphatic heterocycles. The summed E-state index contributed by atoms with van der Waals surface area (Å²) in [5.41, 5.74) is 2.76. The largest absolute Gasteiger partial charge is 0.479 e. The van der Waals surface area contributed by atoms with E-state index in [4.69, 9.17) is 21.1 Å². The lowest BCUT2D eigenvalue weighted by Crippen LogP contribution is -2.36. The Balaban J connectivity index is 1.45. The summed E-state index contributed by atoms with van der Waals surface area (Å²) in [6.45, 7) is 2.90. The number of rotatable bonds is 5. The molecule has 5 aromatic rings. The van der Waals surface area contributed by atoms with Gasteiger partial charge in [-0.25, -0.2) is 14.4 Å². The van der Waals surface area contributed by atoms with Crippen LogP contribution >= 0.6 is 11.6 Å². The molecule has 0 amide bonds. The fourth-order valence-electron chi connectivity index (χ4n) is 4.73. The van der Waals surface area contributed by atoms with Gasteiger partial charge in [-0.2, -0.15) is 0 Å². The van der Waals surface area contributed by atoms with Gasteiger partial charge in [0.05, 0.1) is 36.9 Å². The van der Waals surface area contributed by atoms with E-state index in [1.165, 1.54) is 25.6 Å². The Kier molecular flexibility index (Phi) is 6.44. The minimum absolute atomic E-state index is 0.0477. The van der Waals surface area contributed by atoms with Gasteiger partial charge in [0.25, 0.3) is 0 Å². The van der Waals surface area contributed by atoms with Gasteiger partial charge >= 0.3 is 0 Å². The molecule has 2 aromatic carbocycles. The maximum absolute atomic E-state index is 15.3. The van der Waals surface area contributed by atoms with Crippen LogP contribution in [0.3, 0.4) is 0 Å². The van der Waals surface area contributed by atoms with Gasteiger partial charge < -0.3 is 19.5 Å². The van der Waals surface area contributed by atoms with Gasteiger partial charge in [0.2, 0.25) is 5.88 Å². The summed E-state index contributed by atoms with van der Waals surface area (Å²) < 4.78 is 26.1. The second-order valence-electron chi connectivity index (χ2n) is 8.80. The molecular weight excluding hydrogens is 511 g/mol. The van der Waals surface area contributed by atoms with Crippen molar-refractivity contribution < 1.29 is 19.0 Å². The van der Waals surface area contributed by atoms with E-state index in [1.54, 1.807) is 18.5 Å². The van der Waals surface area contributed by atoms with Crippen molar-refractivity contribution in [1.29, 1.82) is 0 Å². The molecule has 0 bridgehead atoms. The van der Waals surface area contributed by atoms with E-state index in [2.05, 4.69) is 30.0 Å². The minimum Gasteiger partial charge on any atom is -0.479 e. The number of pyridine rings is 1. The molecule has 0 aliphatic carbocycles. The molecule has 0 spiro atoms. The molecule has 1 N–H and O–H groups in total. The van der Waals surface area contributed by atoms with Crippen LogP contribution in [0.25, 0.3) is 32.9 Å². The van der Waals surface area contributed by atoms with Gasteiger partial charge in [-0.05, 0) is 36.4 Å². The normalized spacial score (nSPS) is 14.7. The molecule has 1 saturated heterocycles. The predicted octanol–water partition coefficient (Wildman–Crippen LogP) is 4.35. The van der Waals surface area contributed by atoms with Crippen LogP contribution in [-0.4, -0.2) is 63.7 Å². The Morgan fingerprint density at radius 3 is 2.71 bits per heavy atom.